The van der Waals surface area contributed by atoms with Gasteiger partial charge in [0.25, 0.3) is 0 Å². The van der Waals surface area contributed by atoms with Gasteiger partial charge in [-0.25, -0.2) is 9.59 Å². The zero-order valence-electron chi connectivity index (χ0n) is 5.68. The predicted octanol–water partition coefficient (Wildman–Crippen LogP) is 1.75. The van der Waals surface area contributed by atoms with Crippen LogP contribution in [0.2, 0.25) is 0 Å². The van der Waals surface area contributed by atoms with Crippen molar-refractivity contribution in [3.8, 4) is 0 Å². The molecule has 13 heavy (non-hydrogen) atoms. The Labute approximate surface area is 105 Å². The Balaban J connectivity index is -0.000000143. The molecule has 4 nitrogen and oxygen atoms in total. The molecule has 2 N–H and O–H groups in total. The number of carboxylic acids is 2. The first kappa shape index (κ1) is 19.2. The third kappa shape index (κ3) is 19.2. The molecule has 0 atom stereocenters. The first-order valence-corrected chi connectivity index (χ1v) is 4.05. The summed E-state index contributed by atoms with van der Waals surface area (Å²) in [6, 6.07) is 0. The fraction of sp³-hybridized carbons (Fsp3) is 0.500. The van der Waals surface area contributed by atoms with Gasteiger partial charge in [0.15, 0.2) is 0 Å². The van der Waals surface area contributed by atoms with E-state index in [1.165, 1.54) is 0 Å². The van der Waals surface area contributed by atoms with Crippen molar-refractivity contribution in [2.24, 2.45) is 0 Å². The van der Waals surface area contributed by atoms with Crippen LogP contribution in [0.5, 0.6) is 0 Å². The summed E-state index contributed by atoms with van der Waals surface area (Å²) in [5.41, 5.74) is 0. The van der Waals surface area contributed by atoms with Gasteiger partial charge >= 0.3 is 11.9 Å². The number of halogens is 4. The summed E-state index contributed by atoms with van der Waals surface area (Å²) in [7, 11) is 0. The molecular weight excluding hydrogens is 317 g/mol. The second-order valence-corrected chi connectivity index (χ2v) is 3.47. The average molecular weight is 321 g/mol. The van der Waals surface area contributed by atoms with E-state index in [-0.39, 0.29) is 17.1 Å². The minimum absolute atomic E-state index is 0. The maximum absolute atomic E-state index is 9.44. The number of hydrogen-bond acceptors (Lipinski definition) is 2. The average Bonchev–Trinajstić information content (AvgIpc) is 1.88. The Morgan fingerprint density at radius 3 is 0.923 bits per heavy atom. The SMILES string of the molecule is O=C(O)C(Cl)Cl.O=C(O)C(Cl)Cl.[Cu]. The summed E-state index contributed by atoms with van der Waals surface area (Å²) < 4.78 is 0. The largest absolute Gasteiger partial charge is 0.479 e. The van der Waals surface area contributed by atoms with Crippen molar-refractivity contribution in [2.45, 2.75) is 9.67 Å². The number of hydrogen-bond donors (Lipinski definition) is 2. The molecule has 0 heterocycles. The van der Waals surface area contributed by atoms with Crippen LogP contribution in [0, 0.1) is 0 Å². The molecule has 0 fully saturated rings. The molecule has 0 aliphatic heterocycles. The predicted molar refractivity (Wildman–Crippen MR) is 46.3 cm³/mol. The van der Waals surface area contributed by atoms with E-state index < -0.39 is 21.6 Å². The third-order valence-corrected chi connectivity index (χ3v) is 1.12. The monoisotopic (exact) mass is 319 g/mol. The molecule has 0 bridgehead atoms. The van der Waals surface area contributed by atoms with E-state index in [9.17, 15) is 9.59 Å². The van der Waals surface area contributed by atoms with Crippen molar-refractivity contribution in [1.82, 2.24) is 0 Å². The van der Waals surface area contributed by atoms with Crippen LogP contribution < -0.4 is 0 Å². The number of alkyl halides is 4. The number of carbonyl (C=O) groups is 2. The van der Waals surface area contributed by atoms with Crippen LogP contribution in [0.15, 0.2) is 0 Å². The molecule has 0 aliphatic rings. The molecule has 1 radical (unpaired) electrons. The van der Waals surface area contributed by atoms with Crippen molar-refractivity contribution in [2.75, 3.05) is 0 Å². The molecular formula is C4H4Cl4CuO4. The van der Waals surface area contributed by atoms with Crippen LogP contribution in [0.25, 0.3) is 0 Å². The number of carboxylic acid groups (broad SMARTS) is 2. The molecule has 0 aromatic carbocycles. The topological polar surface area (TPSA) is 74.6 Å². The molecule has 0 saturated carbocycles. The van der Waals surface area contributed by atoms with Gasteiger partial charge in [-0.05, 0) is 0 Å². The van der Waals surface area contributed by atoms with Gasteiger partial charge in [-0.1, -0.05) is 46.4 Å². The molecule has 0 spiro atoms. The van der Waals surface area contributed by atoms with Gasteiger partial charge in [-0.2, -0.15) is 0 Å². The van der Waals surface area contributed by atoms with Crippen LogP contribution in [0.1, 0.15) is 0 Å². The van der Waals surface area contributed by atoms with Gasteiger partial charge in [-0.15, -0.1) is 0 Å². The van der Waals surface area contributed by atoms with Crippen LogP contribution in [0.4, 0.5) is 0 Å². The van der Waals surface area contributed by atoms with Gasteiger partial charge in [-0.3, -0.25) is 0 Å². The van der Waals surface area contributed by atoms with E-state index >= 15 is 0 Å². The second kappa shape index (κ2) is 10.7. The number of rotatable bonds is 2. The van der Waals surface area contributed by atoms with Crippen molar-refractivity contribution >= 4 is 58.3 Å². The fourth-order valence-corrected chi connectivity index (χ4v) is 0. The van der Waals surface area contributed by atoms with E-state index in [2.05, 4.69) is 0 Å². The third-order valence-electron chi connectivity index (χ3n) is 0.373. The van der Waals surface area contributed by atoms with Crippen LogP contribution in [-0.4, -0.2) is 31.8 Å². The minimum atomic E-state index is -1.29. The first-order chi connectivity index (χ1) is 5.29. The Morgan fingerprint density at radius 1 is 0.846 bits per heavy atom. The van der Waals surface area contributed by atoms with Gasteiger partial charge in [0, 0.05) is 17.1 Å². The second-order valence-electron chi connectivity index (χ2n) is 1.28. The Bertz CT molecular complexity index is 144. The summed E-state index contributed by atoms with van der Waals surface area (Å²) in [5.74, 6) is -2.42. The van der Waals surface area contributed by atoms with E-state index in [0.29, 0.717) is 0 Å². The standard InChI is InChI=1S/2C2H2Cl2O2.Cu/c2*3-1(4)2(5)6;/h2*1H,(H,5,6);. The molecule has 0 unspecified atom stereocenters. The van der Waals surface area contributed by atoms with Gasteiger partial charge in [0.05, 0.1) is 0 Å². The van der Waals surface area contributed by atoms with Gasteiger partial charge in [0.1, 0.15) is 0 Å². The van der Waals surface area contributed by atoms with Crippen molar-refractivity contribution in [1.29, 1.82) is 0 Å². The maximum Gasteiger partial charge on any atom is 0.337 e. The molecule has 0 aromatic heterocycles. The smallest absolute Gasteiger partial charge is 0.337 e. The minimum Gasteiger partial charge on any atom is -0.479 e. The summed E-state index contributed by atoms with van der Waals surface area (Å²) >= 11 is 19.1. The summed E-state index contributed by atoms with van der Waals surface area (Å²) in [4.78, 5) is 16.3. The molecule has 0 saturated heterocycles. The van der Waals surface area contributed by atoms with E-state index in [0.717, 1.165) is 0 Å². The Hall–Kier alpha value is 0.619. The first-order valence-electron chi connectivity index (χ1n) is 2.31. The van der Waals surface area contributed by atoms with E-state index in [1.807, 2.05) is 0 Å². The van der Waals surface area contributed by atoms with Gasteiger partial charge < -0.3 is 10.2 Å². The summed E-state index contributed by atoms with van der Waals surface area (Å²) in [6.07, 6.45) is 0. The molecule has 83 valence electrons. The fourth-order valence-electron chi connectivity index (χ4n) is 0. The van der Waals surface area contributed by atoms with Crippen LogP contribution >= 0.6 is 46.4 Å². The normalized spacial score (nSPS) is 8.46. The molecule has 0 aliphatic carbocycles. The zero-order chi connectivity index (χ0) is 10.3. The quantitative estimate of drug-likeness (QED) is 0.600. The maximum atomic E-state index is 9.44. The van der Waals surface area contributed by atoms with E-state index in [4.69, 9.17) is 56.6 Å². The van der Waals surface area contributed by atoms with Crippen LogP contribution in [0.3, 0.4) is 0 Å². The van der Waals surface area contributed by atoms with E-state index in [1.54, 1.807) is 0 Å². The van der Waals surface area contributed by atoms with Crippen LogP contribution in [-0.2, 0) is 26.7 Å². The van der Waals surface area contributed by atoms with Crippen molar-refractivity contribution in [3.63, 3.8) is 0 Å². The summed E-state index contributed by atoms with van der Waals surface area (Å²) in [6.45, 7) is 0. The Kier molecular flexibility index (Phi) is 15.8. The summed E-state index contributed by atoms with van der Waals surface area (Å²) in [5, 5.41) is 15.5. The zero-order valence-corrected chi connectivity index (χ0v) is 9.64. The number of aliphatic carboxylic acids is 2. The van der Waals surface area contributed by atoms with Crippen molar-refractivity contribution < 1.29 is 36.9 Å². The molecule has 0 aromatic rings. The molecule has 0 amide bonds. The Morgan fingerprint density at radius 2 is 0.923 bits per heavy atom. The molecule has 0 rings (SSSR count). The van der Waals surface area contributed by atoms with Crippen molar-refractivity contribution in [3.05, 3.63) is 0 Å². The molecule has 9 heteroatoms. The van der Waals surface area contributed by atoms with Gasteiger partial charge in [0.2, 0.25) is 9.67 Å².